The Labute approximate surface area is 356 Å². The quantitative estimate of drug-likeness (QED) is 0.213. The highest BCUT2D eigenvalue weighted by Crippen LogP contribution is 2.76. The minimum absolute atomic E-state index is 0.00948. The molecule has 6 aliphatic carbocycles. The number of nitrogens with zero attached hydrogens (tertiary/aromatic N) is 2. The van der Waals surface area contributed by atoms with Crippen molar-refractivity contribution in [3.05, 3.63) is 60.0 Å². The highest BCUT2D eigenvalue weighted by Gasteiger charge is 2.70. The molecule has 0 bridgehead atoms. The molecule has 2 N–H and O–H groups in total. The molecule has 0 radical (unpaired) electrons. The number of carboxylic acids is 1. The maximum Gasteiger partial charge on any atom is 0.313 e. The van der Waals surface area contributed by atoms with Crippen molar-refractivity contribution in [2.24, 2.45) is 56.7 Å². The SMILES string of the molecule is C=C(C)C1CC[C@]2(NCCN3CCC(S(C)(=O)=O)CC3)CC[C@]3(C)[C@H](CC[C@@H]4[C@@]5(C)CC=C(C6=CCC(COc7cccnc7)(C(=O)O)CC6)C(C)(C)[C@@H]5CC[C@]43C)[C@@H]12. The van der Waals surface area contributed by atoms with Crippen LogP contribution in [0.3, 0.4) is 0 Å². The Morgan fingerprint density at radius 3 is 2.36 bits per heavy atom. The molecule has 1 aromatic rings. The minimum Gasteiger partial charge on any atom is -0.491 e. The third-order valence-corrected chi connectivity index (χ3v) is 20.9. The Balaban J connectivity index is 0.993. The van der Waals surface area contributed by atoms with E-state index >= 15 is 0 Å². The van der Waals surface area contributed by atoms with Gasteiger partial charge in [0.2, 0.25) is 0 Å². The van der Waals surface area contributed by atoms with E-state index in [1.807, 2.05) is 12.1 Å². The monoisotopic (exact) mass is 830 g/mol. The fourth-order valence-corrected chi connectivity index (χ4v) is 16.9. The number of piperidine rings is 1. The van der Waals surface area contributed by atoms with E-state index in [2.05, 4.69) is 75.5 Å². The molecule has 10 atom stereocenters. The van der Waals surface area contributed by atoms with E-state index in [0.717, 1.165) is 51.9 Å². The van der Waals surface area contributed by atoms with Crippen LogP contribution in [-0.2, 0) is 14.6 Å². The van der Waals surface area contributed by atoms with Crippen LogP contribution in [0.5, 0.6) is 5.75 Å². The highest BCUT2D eigenvalue weighted by atomic mass is 32.2. The molecule has 2 heterocycles. The van der Waals surface area contributed by atoms with Gasteiger partial charge in [-0.05, 0) is 184 Å². The fraction of sp³-hybridized carbons (Fsp3) is 0.760. The first-order valence-electron chi connectivity index (χ1n) is 23.3. The second-order valence-corrected chi connectivity index (χ2v) is 24.5. The average molecular weight is 830 g/mol. The number of hydrogen-bond donors (Lipinski definition) is 2. The molecule has 8 nitrogen and oxygen atoms in total. The Morgan fingerprint density at radius 1 is 0.949 bits per heavy atom. The maximum absolute atomic E-state index is 12.7. The summed E-state index contributed by atoms with van der Waals surface area (Å²) in [6.07, 6.45) is 24.2. The van der Waals surface area contributed by atoms with Gasteiger partial charge in [0.15, 0.2) is 0 Å². The first-order chi connectivity index (χ1) is 27.8. The van der Waals surface area contributed by atoms with E-state index < -0.39 is 21.2 Å². The van der Waals surface area contributed by atoms with Crippen molar-refractivity contribution in [3.8, 4) is 5.75 Å². The van der Waals surface area contributed by atoms with Crippen molar-refractivity contribution in [2.45, 2.75) is 142 Å². The fourth-order valence-electron chi connectivity index (χ4n) is 15.8. The standard InChI is InChI=1S/C50H75N3O5S/c1-34(2)38-15-24-50(52-28-31-53-29-18-37(19-30-53)59(8,56)57)26-25-47(6)40(43(38)50)11-12-42-46(5)20-16-39(45(3,4)41(46)17-21-48(42,47)7)35-13-22-49(23-14-35,44(54)55)33-58-36-10-9-27-51-32-36/h9-10,13,16,27,32,37-38,40-43,52H,1,11-12,14-15,17-26,28-31,33H2,2-8H3,(H,54,55)/t38?,40-,41+,42-,43-,46+,47-,48-,49?,50+/m1/s1. The van der Waals surface area contributed by atoms with Crippen LogP contribution in [-0.4, -0.2) is 79.2 Å². The Kier molecular flexibility index (Phi) is 11.3. The largest absolute Gasteiger partial charge is 0.491 e. The lowest BCUT2D eigenvalue weighted by molar-refractivity contribution is -0.221. The van der Waals surface area contributed by atoms with Crippen LogP contribution in [0.1, 0.15) is 131 Å². The van der Waals surface area contributed by atoms with Gasteiger partial charge in [0.1, 0.15) is 27.6 Å². The number of pyridine rings is 1. The number of rotatable bonds is 11. The van der Waals surface area contributed by atoms with Gasteiger partial charge in [-0.25, -0.2) is 8.42 Å². The molecule has 0 spiro atoms. The van der Waals surface area contributed by atoms with Crippen molar-refractivity contribution in [2.75, 3.05) is 39.0 Å². The molecule has 1 saturated heterocycles. The molecule has 59 heavy (non-hydrogen) atoms. The molecule has 2 unspecified atom stereocenters. The Bertz CT molecular complexity index is 1950. The smallest absolute Gasteiger partial charge is 0.313 e. The number of sulfone groups is 1. The van der Waals surface area contributed by atoms with Crippen molar-refractivity contribution >= 4 is 15.8 Å². The number of hydrogen-bond acceptors (Lipinski definition) is 7. The molecule has 4 saturated carbocycles. The first-order valence-corrected chi connectivity index (χ1v) is 25.2. The van der Waals surface area contributed by atoms with Gasteiger partial charge in [0.05, 0.1) is 11.4 Å². The Hall–Kier alpha value is -2.49. The van der Waals surface area contributed by atoms with Gasteiger partial charge in [-0.15, -0.1) is 0 Å². The van der Waals surface area contributed by atoms with Crippen LogP contribution in [0.2, 0.25) is 0 Å². The van der Waals surface area contributed by atoms with Crippen LogP contribution in [0, 0.1) is 56.7 Å². The molecule has 7 aliphatic rings. The third kappa shape index (κ3) is 7.11. The van der Waals surface area contributed by atoms with Crippen molar-refractivity contribution in [3.63, 3.8) is 0 Å². The predicted octanol–water partition coefficient (Wildman–Crippen LogP) is 9.69. The molecule has 0 amide bonds. The third-order valence-electron chi connectivity index (χ3n) is 19.3. The highest BCUT2D eigenvalue weighted by molar-refractivity contribution is 7.91. The Morgan fingerprint density at radius 2 is 1.71 bits per heavy atom. The van der Waals surface area contributed by atoms with E-state index in [0.29, 0.717) is 48.2 Å². The zero-order valence-electron chi connectivity index (χ0n) is 37.5. The number of aromatic nitrogens is 1. The summed E-state index contributed by atoms with van der Waals surface area (Å²) in [5, 5.41) is 14.5. The summed E-state index contributed by atoms with van der Waals surface area (Å²) in [7, 11) is -2.96. The summed E-state index contributed by atoms with van der Waals surface area (Å²) in [5.41, 5.74) is 4.19. The van der Waals surface area contributed by atoms with Gasteiger partial charge in [-0.3, -0.25) is 9.78 Å². The number of ether oxygens (including phenoxy) is 1. The van der Waals surface area contributed by atoms with E-state index in [1.54, 1.807) is 12.4 Å². The number of carbonyl (C=O) groups is 1. The van der Waals surface area contributed by atoms with Crippen LogP contribution in [0.25, 0.3) is 0 Å². The van der Waals surface area contributed by atoms with Crippen LogP contribution in [0.15, 0.2) is 60.0 Å². The molecule has 326 valence electrons. The molecule has 5 fully saturated rings. The van der Waals surface area contributed by atoms with Gasteiger partial charge in [0.25, 0.3) is 0 Å². The first kappa shape index (κ1) is 43.2. The molecular formula is C50H75N3O5S. The van der Waals surface area contributed by atoms with Gasteiger partial charge in [0, 0.05) is 31.1 Å². The lowest BCUT2D eigenvalue weighted by atomic mass is 9.33. The molecule has 0 aromatic carbocycles. The number of allylic oxidation sites excluding steroid dienone is 5. The topological polar surface area (TPSA) is 109 Å². The summed E-state index contributed by atoms with van der Waals surface area (Å²) in [4.78, 5) is 19.4. The number of likely N-dealkylation sites (tertiary alicyclic amines) is 1. The van der Waals surface area contributed by atoms with E-state index in [4.69, 9.17) is 4.74 Å². The molecular weight excluding hydrogens is 755 g/mol. The summed E-state index contributed by atoms with van der Waals surface area (Å²) >= 11 is 0. The van der Waals surface area contributed by atoms with Crippen LogP contribution >= 0.6 is 0 Å². The number of carboxylic acid groups (broad SMARTS) is 1. The molecule has 1 aliphatic heterocycles. The molecule has 9 heteroatoms. The van der Waals surface area contributed by atoms with Crippen molar-refractivity contribution in [1.82, 2.24) is 15.2 Å². The van der Waals surface area contributed by atoms with E-state index in [1.165, 1.54) is 74.3 Å². The van der Waals surface area contributed by atoms with Gasteiger partial charge >= 0.3 is 5.97 Å². The van der Waals surface area contributed by atoms with Crippen molar-refractivity contribution in [1.29, 1.82) is 0 Å². The minimum atomic E-state index is -2.96. The van der Waals surface area contributed by atoms with E-state index in [9.17, 15) is 18.3 Å². The summed E-state index contributed by atoms with van der Waals surface area (Å²) in [6, 6.07) is 3.66. The average Bonchev–Trinajstić information content (AvgIpc) is 3.58. The van der Waals surface area contributed by atoms with Crippen molar-refractivity contribution < 1.29 is 23.1 Å². The number of nitrogens with one attached hydrogen (secondary N) is 1. The zero-order valence-corrected chi connectivity index (χ0v) is 38.3. The second-order valence-electron chi connectivity index (χ2n) is 22.2. The summed E-state index contributed by atoms with van der Waals surface area (Å²) in [6.45, 7) is 23.9. The van der Waals surface area contributed by atoms with Gasteiger partial charge in [-0.2, -0.15) is 0 Å². The van der Waals surface area contributed by atoms with Gasteiger partial charge in [-0.1, -0.05) is 58.9 Å². The summed E-state index contributed by atoms with van der Waals surface area (Å²) in [5.74, 6) is 2.93. The number of fused-ring (bicyclic) bond motifs is 7. The lowest BCUT2D eigenvalue weighted by Crippen LogP contribution is -2.68. The van der Waals surface area contributed by atoms with Crippen LogP contribution < -0.4 is 10.1 Å². The van der Waals surface area contributed by atoms with Gasteiger partial charge < -0.3 is 20.1 Å². The lowest BCUT2D eigenvalue weighted by Gasteiger charge is -2.72. The summed E-state index contributed by atoms with van der Waals surface area (Å²) < 4.78 is 30.4. The maximum atomic E-state index is 12.7. The van der Waals surface area contributed by atoms with Crippen LogP contribution in [0.4, 0.5) is 0 Å². The predicted molar refractivity (Wildman–Crippen MR) is 237 cm³/mol. The normalized spacial score (nSPS) is 41.0. The zero-order chi connectivity index (χ0) is 42.2. The molecule has 1 aromatic heterocycles. The second kappa shape index (κ2) is 15.4. The van der Waals surface area contributed by atoms with E-state index in [-0.39, 0.29) is 39.1 Å². The molecule has 8 rings (SSSR count). The number of aliphatic carboxylic acids is 1.